The van der Waals surface area contributed by atoms with Crippen molar-refractivity contribution in [3.05, 3.63) is 52.2 Å². The SMILES string of the molecule is CC(C)C1=C2[C@H]3CC[C@@H]4[C@@]5(C)CC[C@H](OC(=O)CC(C)(C)C(=O)O)C(C)(C)[C@@H]5CC[C@@]4(C)[C@]3(C)CC[C@@]2(C/C(=C/C(=O)Nc2ccc(Cl)cc2)NCCN)CC1=O. The van der Waals surface area contributed by atoms with E-state index in [1.54, 1.807) is 44.2 Å². The fourth-order valence-corrected chi connectivity index (χ4v) is 13.5. The van der Waals surface area contributed by atoms with Gasteiger partial charge in [-0.1, -0.05) is 65.6 Å². The van der Waals surface area contributed by atoms with Gasteiger partial charge in [-0.15, -0.1) is 0 Å². The van der Waals surface area contributed by atoms with Crippen molar-refractivity contribution in [1.29, 1.82) is 0 Å². The topological polar surface area (TPSA) is 148 Å². The Morgan fingerprint density at radius 1 is 0.965 bits per heavy atom. The van der Waals surface area contributed by atoms with E-state index in [1.165, 1.54) is 5.57 Å². The molecule has 9 nitrogen and oxygen atoms in total. The Labute approximate surface area is 345 Å². The van der Waals surface area contributed by atoms with Crippen molar-refractivity contribution in [2.75, 3.05) is 18.4 Å². The highest BCUT2D eigenvalue weighted by Gasteiger charge is 2.70. The van der Waals surface area contributed by atoms with Crippen molar-refractivity contribution in [3.63, 3.8) is 0 Å². The monoisotopic (exact) mass is 805 g/mol. The van der Waals surface area contributed by atoms with Gasteiger partial charge in [0.05, 0.1) is 11.8 Å². The van der Waals surface area contributed by atoms with E-state index in [2.05, 4.69) is 59.1 Å². The number of halogens is 1. The number of fused-ring (bicyclic) bond motifs is 7. The second kappa shape index (κ2) is 15.5. The summed E-state index contributed by atoms with van der Waals surface area (Å²) in [6, 6.07) is 7.06. The van der Waals surface area contributed by atoms with E-state index in [4.69, 9.17) is 22.1 Å². The molecule has 0 spiro atoms. The molecular weight excluding hydrogens is 738 g/mol. The molecule has 0 bridgehead atoms. The lowest BCUT2D eigenvalue weighted by atomic mass is 9.33. The number of rotatable bonds is 12. The number of Topliss-reactive ketones (excluding diaryl/α,β-unsaturated/α-hetero) is 1. The molecule has 4 fully saturated rings. The highest BCUT2D eigenvalue weighted by molar-refractivity contribution is 6.30. The number of carboxylic acids is 1. The molecule has 8 atom stereocenters. The van der Waals surface area contributed by atoms with Crippen LogP contribution in [0, 0.1) is 56.2 Å². The first-order chi connectivity index (χ1) is 26.5. The Hall–Kier alpha value is -3.17. The molecule has 0 radical (unpaired) electrons. The van der Waals surface area contributed by atoms with E-state index in [0.29, 0.717) is 48.5 Å². The van der Waals surface area contributed by atoms with E-state index >= 15 is 0 Å². The first-order valence-electron chi connectivity index (χ1n) is 21.5. The lowest BCUT2D eigenvalue weighted by Gasteiger charge is -2.72. The minimum atomic E-state index is -1.18. The molecule has 5 N–H and O–H groups in total. The summed E-state index contributed by atoms with van der Waals surface area (Å²) < 4.78 is 6.18. The predicted octanol–water partition coefficient (Wildman–Crippen LogP) is 9.49. The maximum atomic E-state index is 14.3. The van der Waals surface area contributed by atoms with Crippen molar-refractivity contribution in [3.8, 4) is 0 Å². The summed E-state index contributed by atoms with van der Waals surface area (Å²) in [5.41, 5.74) is 8.08. The molecule has 5 aliphatic carbocycles. The van der Waals surface area contributed by atoms with Crippen LogP contribution >= 0.6 is 11.6 Å². The number of carbonyl (C=O) groups is 4. The lowest BCUT2D eigenvalue weighted by Crippen LogP contribution is -2.65. The van der Waals surface area contributed by atoms with Crippen LogP contribution in [0.2, 0.25) is 5.02 Å². The molecule has 0 saturated heterocycles. The maximum absolute atomic E-state index is 14.3. The van der Waals surface area contributed by atoms with Gasteiger partial charge in [0.15, 0.2) is 5.78 Å². The zero-order valence-electron chi connectivity index (χ0n) is 35.9. The van der Waals surface area contributed by atoms with Crippen molar-refractivity contribution in [2.24, 2.45) is 61.9 Å². The third kappa shape index (κ3) is 7.51. The maximum Gasteiger partial charge on any atom is 0.309 e. The summed E-state index contributed by atoms with van der Waals surface area (Å²) in [5, 5.41) is 16.7. The highest BCUT2D eigenvalue weighted by Crippen LogP contribution is 2.77. The van der Waals surface area contributed by atoms with Crippen LogP contribution in [0.4, 0.5) is 5.69 Å². The average Bonchev–Trinajstić information content (AvgIpc) is 3.41. The number of hydrogen-bond acceptors (Lipinski definition) is 7. The number of carbonyl (C=O) groups excluding carboxylic acids is 3. The fourth-order valence-electron chi connectivity index (χ4n) is 13.4. The van der Waals surface area contributed by atoms with Crippen molar-refractivity contribution in [2.45, 2.75) is 139 Å². The van der Waals surface area contributed by atoms with Gasteiger partial charge >= 0.3 is 11.9 Å². The molecule has 57 heavy (non-hydrogen) atoms. The molecular formula is C47H68ClN3O6. The molecule has 6 rings (SSSR count). The van der Waals surface area contributed by atoms with Gasteiger partial charge in [-0.3, -0.25) is 19.2 Å². The lowest BCUT2D eigenvalue weighted by molar-refractivity contribution is -0.233. The molecule has 314 valence electrons. The molecule has 1 aromatic rings. The molecule has 1 amide bonds. The largest absolute Gasteiger partial charge is 0.481 e. The molecule has 0 aliphatic heterocycles. The Bertz CT molecular complexity index is 1830. The first kappa shape index (κ1) is 43.4. The van der Waals surface area contributed by atoms with E-state index < -0.39 is 17.4 Å². The van der Waals surface area contributed by atoms with Crippen LogP contribution in [0.25, 0.3) is 0 Å². The summed E-state index contributed by atoms with van der Waals surface area (Å²) in [4.78, 5) is 52.6. The molecule has 5 aliphatic rings. The van der Waals surface area contributed by atoms with Gasteiger partial charge in [0.2, 0.25) is 5.91 Å². The number of aliphatic carboxylic acids is 1. The van der Waals surface area contributed by atoms with E-state index in [0.717, 1.165) is 62.6 Å². The number of carboxylic acid groups (broad SMARTS) is 1. The minimum absolute atomic E-state index is 0.0239. The van der Waals surface area contributed by atoms with Gasteiger partial charge in [-0.2, -0.15) is 0 Å². The van der Waals surface area contributed by atoms with Gasteiger partial charge < -0.3 is 26.2 Å². The van der Waals surface area contributed by atoms with Gasteiger partial charge in [0.1, 0.15) is 6.10 Å². The number of ketones is 1. The highest BCUT2D eigenvalue weighted by atomic mass is 35.5. The van der Waals surface area contributed by atoms with Crippen LogP contribution in [0.1, 0.15) is 133 Å². The van der Waals surface area contributed by atoms with Crippen LogP contribution < -0.4 is 16.4 Å². The number of amides is 1. The Balaban J connectivity index is 1.29. The predicted molar refractivity (Wildman–Crippen MR) is 225 cm³/mol. The van der Waals surface area contributed by atoms with E-state index in [-0.39, 0.29) is 63.1 Å². The first-order valence-corrected chi connectivity index (χ1v) is 21.8. The Kier molecular flexibility index (Phi) is 11.8. The number of nitrogens with two attached hydrogens (primary N) is 1. The quantitative estimate of drug-likeness (QED) is 0.121. The molecule has 0 aromatic heterocycles. The molecule has 1 aromatic carbocycles. The van der Waals surface area contributed by atoms with E-state index in [9.17, 15) is 24.3 Å². The van der Waals surface area contributed by atoms with Crippen LogP contribution in [-0.4, -0.2) is 47.9 Å². The number of anilines is 1. The third-order valence-electron chi connectivity index (χ3n) is 16.4. The number of hydrogen-bond donors (Lipinski definition) is 4. The normalized spacial score (nSPS) is 34.8. The molecule has 0 unspecified atom stereocenters. The Morgan fingerprint density at radius 2 is 1.65 bits per heavy atom. The van der Waals surface area contributed by atoms with Crippen LogP contribution in [0.15, 0.2) is 47.2 Å². The van der Waals surface area contributed by atoms with Gasteiger partial charge in [-0.25, -0.2) is 0 Å². The second-order valence-corrected chi connectivity index (χ2v) is 21.2. The van der Waals surface area contributed by atoms with Crippen molar-refractivity contribution < 1.29 is 29.0 Å². The smallest absolute Gasteiger partial charge is 0.309 e. The molecule has 4 saturated carbocycles. The summed E-state index contributed by atoms with van der Waals surface area (Å²) in [7, 11) is 0. The third-order valence-corrected chi connectivity index (χ3v) is 16.6. The number of allylic oxidation sites excluding steroid dienone is 3. The van der Waals surface area contributed by atoms with Gasteiger partial charge in [0, 0.05) is 52.8 Å². The van der Waals surface area contributed by atoms with E-state index in [1.807, 2.05) is 0 Å². The molecule has 0 heterocycles. The summed E-state index contributed by atoms with van der Waals surface area (Å²) in [5.74, 6) is -0.212. The summed E-state index contributed by atoms with van der Waals surface area (Å²) in [6.45, 7) is 20.6. The average molecular weight is 807 g/mol. The fraction of sp³-hybridized carbons (Fsp3) is 0.702. The number of benzene rings is 1. The summed E-state index contributed by atoms with van der Waals surface area (Å²) in [6.07, 6.45) is 10.1. The van der Waals surface area contributed by atoms with Crippen molar-refractivity contribution in [1.82, 2.24) is 5.32 Å². The molecule has 10 heteroatoms. The zero-order chi connectivity index (χ0) is 41.9. The second-order valence-electron chi connectivity index (χ2n) is 20.7. The van der Waals surface area contributed by atoms with Crippen LogP contribution in [-0.2, 0) is 23.9 Å². The summed E-state index contributed by atoms with van der Waals surface area (Å²) >= 11 is 6.08. The van der Waals surface area contributed by atoms with Gasteiger partial charge in [0.25, 0.3) is 0 Å². The van der Waals surface area contributed by atoms with Crippen LogP contribution in [0.3, 0.4) is 0 Å². The minimum Gasteiger partial charge on any atom is -0.481 e. The Morgan fingerprint density at radius 3 is 2.28 bits per heavy atom. The zero-order valence-corrected chi connectivity index (χ0v) is 36.7. The number of esters is 1. The number of ether oxygens (including phenoxy) is 1. The van der Waals surface area contributed by atoms with Crippen molar-refractivity contribution >= 4 is 40.9 Å². The number of nitrogens with one attached hydrogen (secondary N) is 2. The standard InChI is InChI=1S/C47H68ClN3O6/c1-28(2)39-33(52)26-47(25-31(50-23-22-49)24-37(53)51-30-12-10-29(48)11-13-30)21-20-45(8)32(40(39)47)14-15-35-44(7)18-17-36(57-38(54)27-42(3,4)41(55)56)43(5,6)34(44)16-19-46(35,45)9/h10-13,24,28,32,34-36,50H,14-23,25-27,49H2,1-9H3,(H,51,53)(H,55,56)/b31-24-/t32-,34+,35-,36+,44+,45-,46-,47-/m1/s1. The van der Waals surface area contributed by atoms with Gasteiger partial charge in [-0.05, 0) is 141 Å². The van der Waals surface area contributed by atoms with Crippen LogP contribution in [0.5, 0.6) is 0 Å².